The van der Waals surface area contributed by atoms with Gasteiger partial charge in [-0.2, -0.15) is 0 Å². The first-order valence-electron chi connectivity index (χ1n) is 16.8. The number of carboxylic acid groups (broad SMARTS) is 1. The Kier molecular flexibility index (Phi) is 12.6. The molecule has 3 saturated heterocycles. The Hall–Kier alpha value is -3.05. The van der Waals surface area contributed by atoms with Crippen LogP contribution in [0.15, 0.2) is 66.7 Å². The summed E-state index contributed by atoms with van der Waals surface area (Å²) in [6.07, 6.45) is 2.61. The fourth-order valence-corrected chi connectivity index (χ4v) is 8.11. The average molecular weight is 764 g/mol. The predicted molar refractivity (Wildman–Crippen MR) is 200 cm³/mol. The third-order valence-corrected chi connectivity index (χ3v) is 11.9. The van der Waals surface area contributed by atoms with Crippen LogP contribution in [0.5, 0.6) is 0 Å². The molecule has 0 spiro atoms. The van der Waals surface area contributed by atoms with Crippen molar-refractivity contribution in [2.75, 3.05) is 66.0 Å². The Bertz CT molecular complexity index is 1660. The minimum atomic E-state index is -0.871. The third kappa shape index (κ3) is 8.52. The highest BCUT2D eigenvalue weighted by atomic mass is 35.5. The van der Waals surface area contributed by atoms with Crippen LogP contribution in [0.3, 0.4) is 0 Å². The number of amides is 3. The molecule has 3 N–H and O–H groups in total. The SMILES string of the molecule is CN1CCN(C(N)=O)CC1.O=C(c1c(Cl)cccc1Cl)N1CCC(CCN2CCC(C(=O)O)(c3ccccc3)CC2)(c2ccc(Cl)c(Cl)c2)C1. The molecule has 0 radical (unpaired) electrons. The maximum Gasteiger partial charge on any atom is 0.314 e. The van der Waals surface area contributed by atoms with Gasteiger partial charge in [-0.05, 0) is 87.8 Å². The number of nitrogens with zero attached hydrogens (tertiary/aromatic N) is 4. The molecular weight excluding hydrogens is 720 g/mol. The smallest absolute Gasteiger partial charge is 0.314 e. The number of primary amides is 1. The van der Waals surface area contributed by atoms with E-state index in [1.807, 2.05) is 54.4 Å². The zero-order chi connectivity index (χ0) is 36.1. The lowest BCUT2D eigenvalue weighted by Gasteiger charge is -2.40. The van der Waals surface area contributed by atoms with Crippen LogP contribution in [-0.2, 0) is 15.6 Å². The topological polar surface area (TPSA) is 110 Å². The van der Waals surface area contributed by atoms with Crippen molar-refractivity contribution in [3.8, 4) is 0 Å². The molecule has 268 valence electrons. The summed E-state index contributed by atoms with van der Waals surface area (Å²) in [5.74, 6) is -0.960. The molecule has 3 heterocycles. The summed E-state index contributed by atoms with van der Waals surface area (Å²) < 4.78 is 0. The van der Waals surface area contributed by atoms with Gasteiger partial charge in [0.2, 0.25) is 0 Å². The van der Waals surface area contributed by atoms with Gasteiger partial charge < -0.3 is 30.4 Å². The first kappa shape index (κ1) is 38.2. The molecule has 50 heavy (non-hydrogen) atoms. The fourth-order valence-electron chi connectivity index (χ4n) is 7.26. The Morgan fingerprint density at radius 2 is 1.36 bits per heavy atom. The van der Waals surface area contributed by atoms with Gasteiger partial charge in [0.25, 0.3) is 5.91 Å². The summed E-state index contributed by atoms with van der Waals surface area (Å²) >= 11 is 25.4. The van der Waals surface area contributed by atoms with Crippen LogP contribution < -0.4 is 5.73 Å². The number of carbonyl (C=O) groups is 3. The van der Waals surface area contributed by atoms with Gasteiger partial charge >= 0.3 is 12.0 Å². The highest BCUT2D eigenvalue weighted by molar-refractivity contribution is 6.42. The maximum atomic E-state index is 13.5. The van der Waals surface area contributed by atoms with Gasteiger partial charge in [-0.3, -0.25) is 9.59 Å². The predicted octanol–water partition coefficient (Wildman–Crippen LogP) is 6.91. The number of hydrogen-bond donors (Lipinski definition) is 2. The van der Waals surface area contributed by atoms with E-state index in [2.05, 4.69) is 9.80 Å². The number of piperidine rings is 1. The zero-order valence-electron chi connectivity index (χ0n) is 28.1. The summed E-state index contributed by atoms with van der Waals surface area (Å²) in [5.41, 5.74) is 6.07. The lowest BCUT2D eigenvalue weighted by atomic mass is 9.72. The summed E-state index contributed by atoms with van der Waals surface area (Å²) in [6, 6.07) is 20.0. The van der Waals surface area contributed by atoms with Crippen molar-refractivity contribution in [2.45, 2.75) is 36.5 Å². The van der Waals surface area contributed by atoms with Gasteiger partial charge in [0, 0.05) is 44.7 Å². The van der Waals surface area contributed by atoms with E-state index >= 15 is 0 Å². The number of urea groups is 1. The number of carbonyl (C=O) groups excluding carboxylic acids is 2. The van der Waals surface area contributed by atoms with Gasteiger partial charge in [-0.1, -0.05) is 88.9 Å². The molecule has 0 bridgehead atoms. The number of likely N-dealkylation sites (N-methyl/N-ethyl adjacent to an activating group) is 1. The molecule has 0 aliphatic carbocycles. The van der Waals surface area contributed by atoms with E-state index in [9.17, 15) is 19.5 Å². The minimum absolute atomic E-state index is 0.190. The Balaban J connectivity index is 0.000000418. The van der Waals surface area contributed by atoms with Gasteiger partial charge in [0.05, 0.1) is 31.1 Å². The van der Waals surface area contributed by atoms with Gasteiger partial charge in [-0.15, -0.1) is 0 Å². The van der Waals surface area contributed by atoms with Crippen LogP contribution in [-0.4, -0.2) is 109 Å². The summed E-state index contributed by atoms with van der Waals surface area (Å²) in [7, 11) is 2.04. The van der Waals surface area contributed by atoms with Crippen molar-refractivity contribution in [2.24, 2.45) is 5.73 Å². The number of rotatable bonds is 7. The Morgan fingerprint density at radius 3 is 1.94 bits per heavy atom. The second kappa shape index (κ2) is 16.5. The largest absolute Gasteiger partial charge is 0.481 e. The van der Waals surface area contributed by atoms with E-state index < -0.39 is 11.4 Å². The molecule has 6 rings (SSSR count). The van der Waals surface area contributed by atoms with Crippen LogP contribution in [0.2, 0.25) is 20.1 Å². The second-order valence-electron chi connectivity index (χ2n) is 13.5. The number of nitrogens with two attached hydrogens (primary N) is 1. The molecule has 0 aromatic heterocycles. The number of halogens is 4. The summed E-state index contributed by atoms with van der Waals surface area (Å²) in [4.78, 5) is 44.5. The van der Waals surface area contributed by atoms with Crippen molar-refractivity contribution >= 4 is 64.3 Å². The summed E-state index contributed by atoms with van der Waals surface area (Å²) in [5, 5.41) is 11.8. The monoisotopic (exact) mass is 761 g/mol. The Labute approximate surface area is 313 Å². The quantitative estimate of drug-likeness (QED) is 0.271. The molecular formula is C37H43Cl4N5O4. The lowest BCUT2D eigenvalue weighted by Crippen LogP contribution is -2.49. The van der Waals surface area contributed by atoms with Crippen LogP contribution in [0.1, 0.15) is 47.2 Å². The van der Waals surface area contributed by atoms with Crippen LogP contribution in [0.25, 0.3) is 0 Å². The normalized spacial score (nSPS) is 21.0. The van der Waals surface area contributed by atoms with E-state index in [0.717, 1.165) is 56.7 Å². The van der Waals surface area contributed by atoms with Crippen LogP contribution >= 0.6 is 46.4 Å². The van der Waals surface area contributed by atoms with Crippen LogP contribution in [0, 0.1) is 0 Å². The lowest BCUT2D eigenvalue weighted by molar-refractivity contribution is -0.146. The number of benzene rings is 3. The molecule has 1 unspecified atom stereocenters. The minimum Gasteiger partial charge on any atom is -0.481 e. The van der Waals surface area contributed by atoms with Crippen LogP contribution in [0.4, 0.5) is 4.79 Å². The van der Waals surface area contributed by atoms with Crippen molar-refractivity contribution in [3.05, 3.63) is 104 Å². The number of hydrogen-bond acceptors (Lipinski definition) is 5. The highest BCUT2D eigenvalue weighted by Gasteiger charge is 2.45. The molecule has 3 amide bonds. The van der Waals surface area contributed by atoms with Gasteiger partial charge in [0.15, 0.2) is 0 Å². The molecule has 3 fully saturated rings. The number of piperazine rings is 1. The standard InChI is InChI=1S/C31H30Cl4N2O3.C6H13N3O/c32-23-10-9-22(19-26(23)35)30(12-18-37(20-30)28(38)27-24(33)7-4-8-25(27)34)11-15-36-16-13-31(14-17-36,29(39)40)21-5-2-1-3-6-21;1-8-2-4-9(5-3-8)6(7)10/h1-10,19H,11-18,20H2,(H,39,40);2-5H2,1H3,(H2,7,10). The zero-order valence-corrected chi connectivity index (χ0v) is 31.1. The molecule has 13 heteroatoms. The molecule has 3 aliphatic heterocycles. The molecule has 1 atom stereocenters. The summed E-state index contributed by atoms with van der Waals surface area (Å²) in [6.45, 7) is 6.56. The first-order chi connectivity index (χ1) is 23.8. The van der Waals surface area contributed by atoms with E-state index in [4.69, 9.17) is 52.1 Å². The molecule has 9 nitrogen and oxygen atoms in total. The first-order valence-corrected chi connectivity index (χ1v) is 18.3. The molecule has 0 saturated carbocycles. The second-order valence-corrected chi connectivity index (χ2v) is 15.1. The highest BCUT2D eigenvalue weighted by Crippen LogP contribution is 2.42. The van der Waals surface area contributed by atoms with E-state index in [1.54, 1.807) is 29.2 Å². The average Bonchev–Trinajstić information content (AvgIpc) is 3.55. The molecule has 3 aromatic rings. The molecule has 3 aliphatic rings. The van der Waals surface area contributed by atoms with Crippen molar-refractivity contribution in [1.82, 2.24) is 19.6 Å². The van der Waals surface area contributed by atoms with Crippen molar-refractivity contribution in [1.29, 1.82) is 0 Å². The third-order valence-electron chi connectivity index (χ3n) is 10.5. The number of likely N-dealkylation sites (tertiary alicyclic amines) is 2. The van der Waals surface area contributed by atoms with Crippen molar-refractivity contribution in [3.63, 3.8) is 0 Å². The van der Waals surface area contributed by atoms with E-state index in [1.165, 1.54) is 0 Å². The number of carboxylic acids is 1. The van der Waals surface area contributed by atoms with Gasteiger partial charge in [0.1, 0.15) is 0 Å². The van der Waals surface area contributed by atoms with Crippen molar-refractivity contribution < 1.29 is 19.5 Å². The number of aliphatic carboxylic acids is 1. The fraction of sp³-hybridized carbons (Fsp3) is 0.432. The van der Waals surface area contributed by atoms with E-state index in [0.29, 0.717) is 64.7 Å². The van der Waals surface area contributed by atoms with Gasteiger partial charge in [-0.25, -0.2) is 4.79 Å². The maximum absolute atomic E-state index is 13.5. The molecule has 3 aromatic carbocycles. The Morgan fingerprint density at radius 1 is 0.720 bits per heavy atom. The van der Waals surface area contributed by atoms with E-state index in [-0.39, 0.29) is 17.4 Å².